The van der Waals surface area contributed by atoms with E-state index in [4.69, 9.17) is 0 Å². The fraction of sp³-hybridized carbons (Fsp3) is 0.500. The van der Waals surface area contributed by atoms with Gasteiger partial charge in [-0.3, -0.25) is 0 Å². The molecular formula is C8H7NO8-4. The molecule has 0 heterocycles. The number of carboxylic acid groups (broad SMARTS) is 4. The number of carboxylic acids is 4. The van der Waals surface area contributed by atoms with E-state index in [2.05, 4.69) is 0 Å². The molecule has 0 unspecified atom stereocenters. The van der Waals surface area contributed by atoms with Gasteiger partial charge in [-0.1, -0.05) is 0 Å². The van der Waals surface area contributed by atoms with E-state index in [1.165, 1.54) is 0 Å². The van der Waals surface area contributed by atoms with E-state index < -0.39 is 48.8 Å². The van der Waals surface area contributed by atoms with Gasteiger partial charge in [0.1, 0.15) is 0 Å². The van der Waals surface area contributed by atoms with E-state index in [1.54, 1.807) is 5.32 Å². The predicted octanol–water partition coefficient (Wildman–Crippen LogP) is -6.91. The van der Waals surface area contributed by atoms with E-state index in [0.717, 1.165) is 0 Å². The summed E-state index contributed by atoms with van der Waals surface area (Å²) in [4.78, 5) is 41.2. The van der Waals surface area contributed by atoms with Gasteiger partial charge in [0.15, 0.2) is 0 Å². The number of hydrogen-bond acceptors (Lipinski definition) is 9. The van der Waals surface area contributed by atoms with Crippen LogP contribution in [0.4, 0.5) is 0 Å². The Bertz CT molecular complexity index is 306. The van der Waals surface area contributed by atoms with Gasteiger partial charge >= 0.3 is 0 Å². The summed E-state index contributed by atoms with van der Waals surface area (Å²) in [5.74, 6) is -7.34. The average Bonchev–Trinajstić information content (AvgIpc) is 2.13. The Kier molecular flexibility index (Phi) is 5.61. The summed E-state index contributed by atoms with van der Waals surface area (Å²) in [5.41, 5.74) is 0. The third kappa shape index (κ3) is 6.10. The van der Waals surface area contributed by atoms with E-state index in [0.29, 0.717) is 0 Å². The number of hydrogen-bond donors (Lipinski definition) is 1. The monoisotopic (exact) mass is 245 g/mol. The van der Waals surface area contributed by atoms with Crippen LogP contribution in [0.2, 0.25) is 0 Å². The molecule has 2 atom stereocenters. The van der Waals surface area contributed by atoms with Gasteiger partial charge in [0.05, 0.1) is 24.0 Å². The van der Waals surface area contributed by atoms with Crippen molar-refractivity contribution in [1.29, 1.82) is 0 Å². The van der Waals surface area contributed by atoms with E-state index in [-0.39, 0.29) is 0 Å². The Morgan fingerprint density at radius 2 is 1.06 bits per heavy atom. The number of carbonyl (C=O) groups is 4. The van der Waals surface area contributed by atoms with Crippen LogP contribution in [-0.4, -0.2) is 36.0 Å². The second-order valence-corrected chi connectivity index (χ2v) is 3.06. The molecule has 0 bridgehead atoms. The van der Waals surface area contributed by atoms with Crippen LogP contribution in [0.5, 0.6) is 0 Å². The zero-order chi connectivity index (χ0) is 13.6. The van der Waals surface area contributed by atoms with E-state index in [1.807, 2.05) is 0 Å². The van der Waals surface area contributed by atoms with Crippen LogP contribution in [0.25, 0.3) is 0 Å². The van der Waals surface area contributed by atoms with Crippen LogP contribution in [-0.2, 0) is 19.2 Å². The predicted molar refractivity (Wildman–Crippen MR) is 40.0 cm³/mol. The average molecular weight is 245 g/mol. The molecule has 9 heteroatoms. The topological polar surface area (TPSA) is 173 Å². The zero-order valence-corrected chi connectivity index (χ0v) is 8.33. The van der Waals surface area contributed by atoms with Gasteiger partial charge in [0.25, 0.3) is 0 Å². The third-order valence-corrected chi connectivity index (χ3v) is 1.71. The molecule has 1 N–H and O–H groups in total. The molecule has 0 amide bonds. The molecule has 0 aliphatic heterocycles. The van der Waals surface area contributed by atoms with Gasteiger partial charge in [0.2, 0.25) is 0 Å². The van der Waals surface area contributed by atoms with Crippen LogP contribution in [0.1, 0.15) is 12.8 Å². The first-order valence-electron chi connectivity index (χ1n) is 4.31. The van der Waals surface area contributed by atoms with Crippen LogP contribution in [0.3, 0.4) is 0 Å². The Balaban J connectivity index is 4.67. The van der Waals surface area contributed by atoms with Crippen molar-refractivity contribution in [2.24, 2.45) is 0 Å². The Morgan fingerprint density at radius 1 is 0.765 bits per heavy atom. The van der Waals surface area contributed by atoms with Crippen molar-refractivity contribution >= 4 is 23.9 Å². The highest BCUT2D eigenvalue weighted by atomic mass is 16.4. The molecule has 17 heavy (non-hydrogen) atoms. The highest BCUT2D eigenvalue weighted by Crippen LogP contribution is 1.96. The maximum absolute atomic E-state index is 10.4. The van der Waals surface area contributed by atoms with E-state index >= 15 is 0 Å². The van der Waals surface area contributed by atoms with Gasteiger partial charge in [-0.25, -0.2) is 0 Å². The molecule has 0 saturated heterocycles. The summed E-state index contributed by atoms with van der Waals surface area (Å²) in [5, 5.41) is 42.9. The van der Waals surface area contributed by atoms with Crippen molar-refractivity contribution in [1.82, 2.24) is 5.32 Å². The first-order chi connectivity index (χ1) is 7.73. The highest BCUT2D eigenvalue weighted by Gasteiger charge is 2.17. The molecular weight excluding hydrogens is 238 g/mol. The summed E-state index contributed by atoms with van der Waals surface area (Å²) in [6.45, 7) is 0. The van der Waals surface area contributed by atoms with Crippen molar-refractivity contribution in [3.63, 3.8) is 0 Å². The lowest BCUT2D eigenvalue weighted by molar-refractivity contribution is -0.322. The van der Waals surface area contributed by atoms with Gasteiger partial charge in [-0.05, 0) is 0 Å². The van der Waals surface area contributed by atoms with Gasteiger partial charge < -0.3 is 44.9 Å². The van der Waals surface area contributed by atoms with Gasteiger partial charge in [0, 0.05) is 24.8 Å². The highest BCUT2D eigenvalue weighted by molar-refractivity contribution is 5.82. The summed E-state index contributed by atoms with van der Waals surface area (Å²) in [7, 11) is 0. The summed E-state index contributed by atoms with van der Waals surface area (Å²) in [6.07, 6.45) is -2.14. The van der Waals surface area contributed by atoms with Crippen LogP contribution < -0.4 is 25.7 Å². The molecule has 9 nitrogen and oxygen atoms in total. The fourth-order valence-electron chi connectivity index (χ4n) is 0.997. The lowest BCUT2D eigenvalue weighted by atomic mass is 10.1. The molecule has 0 aromatic heterocycles. The molecule has 0 fully saturated rings. The Hall–Kier alpha value is -2.16. The minimum Gasteiger partial charge on any atom is -0.550 e. The SMILES string of the molecule is O=C([O-])C[C@H](N[C@@H](CC(=O)[O-])C(=O)[O-])C(=O)[O-]. The maximum atomic E-state index is 10.4. The van der Waals surface area contributed by atoms with Crippen molar-refractivity contribution in [3.8, 4) is 0 Å². The van der Waals surface area contributed by atoms with Crippen molar-refractivity contribution in [2.75, 3.05) is 0 Å². The summed E-state index contributed by atoms with van der Waals surface area (Å²) in [6, 6.07) is -3.80. The zero-order valence-electron chi connectivity index (χ0n) is 8.33. The molecule has 0 aliphatic carbocycles. The lowest BCUT2D eigenvalue weighted by Crippen LogP contribution is -2.57. The van der Waals surface area contributed by atoms with Crippen molar-refractivity contribution < 1.29 is 39.6 Å². The maximum Gasteiger partial charge on any atom is 0.0588 e. The second-order valence-electron chi connectivity index (χ2n) is 3.06. The minimum atomic E-state index is -1.90. The third-order valence-electron chi connectivity index (χ3n) is 1.71. The molecule has 0 rings (SSSR count). The largest absolute Gasteiger partial charge is 0.550 e. The van der Waals surface area contributed by atoms with E-state index in [9.17, 15) is 39.6 Å². The lowest BCUT2D eigenvalue weighted by Gasteiger charge is -2.27. The number of aliphatic carboxylic acids is 4. The first-order valence-corrected chi connectivity index (χ1v) is 4.31. The standard InChI is InChI=1S/C8H11NO8/c10-5(11)1-3(7(14)15)9-4(8(16)17)2-6(12)13/h3-4,9H,1-2H2,(H,10,11)(H,12,13)(H,14,15)(H,16,17)/p-4/t3-,4-/m0/s1. The second kappa shape index (κ2) is 6.43. The summed E-state index contributed by atoms with van der Waals surface area (Å²) < 4.78 is 0. The number of rotatable bonds is 8. The quantitative estimate of drug-likeness (QED) is 0.435. The Morgan fingerprint density at radius 3 is 1.24 bits per heavy atom. The smallest absolute Gasteiger partial charge is 0.0588 e. The van der Waals surface area contributed by atoms with Crippen molar-refractivity contribution in [3.05, 3.63) is 0 Å². The Labute approximate surface area is 94.7 Å². The molecule has 0 saturated carbocycles. The minimum absolute atomic E-state index is 1.07. The first kappa shape index (κ1) is 14.8. The van der Waals surface area contributed by atoms with Gasteiger partial charge in [-0.2, -0.15) is 0 Å². The summed E-state index contributed by atoms with van der Waals surface area (Å²) >= 11 is 0. The number of carbonyl (C=O) groups excluding carboxylic acids is 4. The molecule has 0 aliphatic rings. The van der Waals surface area contributed by atoms with Crippen molar-refractivity contribution in [2.45, 2.75) is 24.9 Å². The molecule has 0 spiro atoms. The molecule has 96 valence electrons. The molecule has 0 aromatic carbocycles. The normalized spacial score (nSPS) is 13.6. The molecule has 0 radical (unpaired) electrons. The van der Waals surface area contributed by atoms with Crippen LogP contribution in [0, 0.1) is 0 Å². The molecule has 0 aromatic rings. The van der Waals surface area contributed by atoms with Crippen LogP contribution in [0.15, 0.2) is 0 Å². The fourth-order valence-corrected chi connectivity index (χ4v) is 0.997. The van der Waals surface area contributed by atoms with Crippen LogP contribution >= 0.6 is 0 Å². The number of nitrogens with one attached hydrogen (secondary N) is 1. The van der Waals surface area contributed by atoms with Gasteiger partial charge in [-0.15, -0.1) is 0 Å².